The molecule has 0 aliphatic carbocycles. The average Bonchev–Trinajstić information content (AvgIpc) is 2.55. The zero-order valence-electron chi connectivity index (χ0n) is 14.1. The number of hydrogen-bond donors (Lipinski definition) is 2. The molecule has 1 aliphatic heterocycles. The molecule has 0 aromatic heterocycles. The first-order valence-corrected chi connectivity index (χ1v) is 8.45. The highest BCUT2D eigenvalue weighted by molar-refractivity contribution is 5.95. The molecule has 5 heteroatoms. The summed E-state index contributed by atoms with van der Waals surface area (Å²) in [5.74, 6) is 0.476. The molecule has 23 heavy (non-hydrogen) atoms. The number of amides is 2. The normalized spacial score (nSPS) is 16.1. The quantitative estimate of drug-likeness (QED) is 0.844. The van der Waals surface area contributed by atoms with E-state index in [0.29, 0.717) is 6.54 Å². The molecule has 1 heterocycles. The van der Waals surface area contributed by atoms with Crippen LogP contribution < -0.4 is 10.6 Å². The standard InChI is InChI=1S/C18H27N3O2/c1-3-15-6-4-5-7-16(15)20-17(22)12-19-18(23)13-21-10-8-14(2)9-11-21/h4-7,14H,3,8-13H2,1-2H3,(H,19,23)(H,20,22). The van der Waals surface area contributed by atoms with E-state index in [1.807, 2.05) is 31.2 Å². The summed E-state index contributed by atoms with van der Waals surface area (Å²) in [4.78, 5) is 26.1. The molecular formula is C18H27N3O2. The summed E-state index contributed by atoms with van der Waals surface area (Å²) >= 11 is 0. The van der Waals surface area contributed by atoms with Crippen LogP contribution in [0.25, 0.3) is 0 Å². The van der Waals surface area contributed by atoms with Gasteiger partial charge in [0.15, 0.2) is 0 Å². The Morgan fingerprint density at radius 3 is 2.57 bits per heavy atom. The Hall–Kier alpha value is -1.88. The van der Waals surface area contributed by atoms with Crippen molar-refractivity contribution < 1.29 is 9.59 Å². The molecule has 1 fully saturated rings. The molecule has 0 radical (unpaired) electrons. The van der Waals surface area contributed by atoms with E-state index < -0.39 is 0 Å². The van der Waals surface area contributed by atoms with E-state index in [9.17, 15) is 9.59 Å². The Bertz CT molecular complexity index is 537. The van der Waals surface area contributed by atoms with E-state index in [2.05, 4.69) is 22.5 Å². The average molecular weight is 317 g/mol. The molecule has 2 amide bonds. The van der Waals surface area contributed by atoms with Gasteiger partial charge in [0.2, 0.25) is 11.8 Å². The first-order chi connectivity index (χ1) is 11.1. The van der Waals surface area contributed by atoms with Crippen molar-refractivity contribution in [2.24, 2.45) is 5.92 Å². The van der Waals surface area contributed by atoms with Gasteiger partial charge in [0.1, 0.15) is 0 Å². The molecule has 2 N–H and O–H groups in total. The molecule has 0 saturated carbocycles. The number of anilines is 1. The number of benzene rings is 1. The van der Waals surface area contributed by atoms with Crippen LogP contribution in [0.5, 0.6) is 0 Å². The largest absolute Gasteiger partial charge is 0.346 e. The van der Waals surface area contributed by atoms with Gasteiger partial charge in [-0.25, -0.2) is 0 Å². The van der Waals surface area contributed by atoms with Crippen LogP contribution in [0.2, 0.25) is 0 Å². The lowest BCUT2D eigenvalue weighted by Crippen LogP contribution is -2.43. The van der Waals surface area contributed by atoms with Crippen molar-refractivity contribution in [3.8, 4) is 0 Å². The molecule has 126 valence electrons. The summed E-state index contributed by atoms with van der Waals surface area (Å²) in [6.07, 6.45) is 3.14. The van der Waals surface area contributed by atoms with Crippen molar-refractivity contribution in [1.82, 2.24) is 10.2 Å². The van der Waals surface area contributed by atoms with Crippen LogP contribution in [0.3, 0.4) is 0 Å². The third-order valence-corrected chi connectivity index (χ3v) is 4.36. The van der Waals surface area contributed by atoms with Crippen molar-refractivity contribution in [3.05, 3.63) is 29.8 Å². The molecule has 1 aliphatic rings. The first kappa shape index (κ1) is 17.5. The lowest BCUT2D eigenvalue weighted by molar-refractivity contribution is -0.125. The number of carbonyl (C=O) groups excluding carboxylic acids is 2. The van der Waals surface area contributed by atoms with E-state index in [0.717, 1.165) is 49.5 Å². The maximum atomic E-state index is 12.0. The van der Waals surface area contributed by atoms with Gasteiger partial charge in [0, 0.05) is 5.69 Å². The number of rotatable bonds is 6. The fourth-order valence-electron chi connectivity index (χ4n) is 2.80. The summed E-state index contributed by atoms with van der Waals surface area (Å²) in [5, 5.41) is 5.57. The number of para-hydroxylation sites is 1. The van der Waals surface area contributed by atoms with Gasteiger partial charge in [-0.2, -0.15) is 0 Å². The Morgan fingerprint density at radius 1 is 1.17 bits per heavy atom. The number of hydrogen-bond acceptors (Lipinski definition) is 3. The van der Waals surface area contributed by atoms with Crippen molar-refractivity contribution in [2.45, 2.75) is 33.1 Å². The van der Waals surface area contributed by atoms with E-state index >= 15 is 0 Å². The Balaban J connectivity index is 1.72. The highest BCUT2D eigenvalue weighted by Gasteiger charge is 2.18. The third-order valence-electron chi connectivity index (χ3n) is 4.36. The molecule has 5 nitrogen and oxygen atoms in total. The minimum Gasteiger partial charge on any atom is -0.346 e. The second-order valence-corrected chi connectivity index (χ2v) is 6.29. The molecule has 0 bridgehead atoms. The molecule has 2 rings (SSSR count). The van der Waals surface area contributed by atoms with Gasteiger partial charge < -0.3 is 10.6 Å². The minimum atomic E-state index is -0.188. The van der Waals surface area contributed by atoms with Crippen LogP contribution in [0, 0.1) is 5.92 Å². The topological polar surface area (TPSA) is 61.4 Å². The SMILES string of the molecule is CCc1ccccc1NC(=O)CNC(=O)CN1CCC(C)CC1. The lowest BCUT2D eigenvalue weighted by Gasteiger charge is -2.29. The number of aryl methyl sites for hydroxylation is 1. The fraction of sp³-hybridized carbons (Fsp3) is 0.556. The summed E-state index contributed by atoms with van der Waals surface area (Å²) in [7, 11) is 0. The highest BCUT2D eigenvalue weighted by atomic mass is 16.2. The van der Waals surface area contributed by atoms with Gasteiger partial charge in [-0.1, -0.05) is 32.0 Å². The molecule has 0 atom stereocenters. The molecule has 1 saturated heterocycles. The monoisotopic (exact) mass is 317 g/mol. The van der Waals surface area contributed by atoms with Gasteiger partial charge >= 0.3 is 0 Å². The zero-order chi connectivity index (χ0) is 16.7. The van der Waals surface area contributed by atoms with Crippen molar-refractivity contribution in [3.63, 3.8) is 0 Å². The second kappa shape index (κ2) is 8.67. The predicted octanol–water partition coefficient (Wildman–Crippen LogP) is 2.04. The van der Waals surface area contributed by atoms with E-state index in [4.69, 9.17) is 0 Å². The van der Waals surface area contributed by atoms with Crippen LogP contribution in [0.4, 0.5) is 5.69 Å². The lowest BCUT2D eigenvalue weighted by atomic mass is 9.99. The summed E-state index contributed by atoms with van der Waals surface area (Å²) < 4.78 is 0. The number of nitrogens with zero attached hydrogens (tertiary/aromatic N) is 1. The van der Waals surface area contributed by atoms with Crippen molar-refractivity contribution in [2.75, 3.05) is 31.5 Å². The molecule has 1 aromatic rings. The van der Waals surface area contributed by atoms with Crippen LogP contribution >= 0.6 is 0 Å². The molecular weight excluding hydrogens is 290 g/mol. The Labute approximate surface area is 138 Å². The molecule has 0 unspecified atom stereocenters. The summed E-state index contributed by atoms with van der Waals surface area (Å²) in [5.41, 5.74) is 1.91. The summed E-state index contributed by atoms with van der Waals surface area (Å²) in [6, 6.07) is 7.72. The minimum absolute atomic E-state index is 0.0150. The molecule has 1 aromatic carbocycles. The molecule has 0 spiro atoms. The van der Waals surface area contributed by atoms with E-state index in [-0.39, 0.29) is 18.4 Å². The smallest absolute Gasteiger partial charge is 0.243 e. The van der Waals surface area contributed by atoms with Crippen LogP contribution in [0.1, 0.15) is 32.3 Å². The van der Waals surface area contributed by atoms with Crippen molar-refractivity contribution >= 4 is 17.5 Å². The zero-order valence-corrected chi connectivity index (χ0v) is 14.1. The predicted molar refractivity (Wildman–Crippen MR) is 92.3 cm³/mol. The number of carbonyl (C=O) groups is 2. The second-order valence-electron chi connectivity index (χ2n) is 6.29. The number of likely N-dealkylation sites (tertiary alicyclic amines) is 1. The first-order valence-electron chi connectivity index (χ1n) is 8.45. The van der Waals surface area contributed by atoms with Gasteiger partial charge in [-0.15, -0.1) is 0 Å². The van der Waals surface area contributed by atoms with Gasteiger partial charge in [0.25, 0.3) is 0 Å². The highest BCUT2D eigenvalue weighted by Crippen LogP contribution is 2.16. The van der Waals surface area contributed by atoms with Gasteiger partial charge in [0.05, 0.1) is 13.1 Å². The van der Waals surface area contributed by atoms with E-state index in [1.165, 1.54) is 0 Å². The number of nitrogens with one attached hydrogen (secondary N) is 2. The summed E-state index contributed by atoms with van der Waals surface area (Å²) in [6.45, 7) is 6.62. The van der Waals surface area contributed by atoms with Crippen LogP contribution in [0.15, 0.2) is 24.3 Å². The van der Waals surface area contributed by atoms with Crippen molar-refractivity contribution in [1.29, 1.82) is 0 Å². The third kappa shape index (κ3) is 5.67. The Morgan fingerprint density at radius 2 is 1.87 bits per heavy atom. The Kier molecular flexibility index (Phi) is 6.59. The van der Waals surface area contributed by atoms with Crippen LogP contribution in [-0.4, -0.2) is 42.9 Å². The maximum Gasteiger partial charge on any atom is 0.243 e. The maximum absolute atomic E-state index is 12.0. The van der Waals surface area contributed by atoms with E-state index in [1.54, 1.807) is 0 Å². The van der Waals surface area contributed by atoms with Crippen LogP contribution in [-0.2, 0) is 16.0 Å². The van der Waals surface area contributed by atoms with Gasteiger partial charge in [-0.05, 0) is 49.9 Å². The van der Waals surface area contributed by atoms with Gasteiger partial charge in [-0.3, -0.25) is 14.5 Å². The number of piperidine rings is 1. The fourth-order valence-corrected chi connectivity index (χ4v) is 2.80.